The molecular weight excluding hydrogens is 330 g/mol. The molecular formula is C17H16BrNO2. The second kappa shape index (κ2) is 5.90. The van der Waals surface area contributed by atoms with Crippen LogP contribution in [0.2, 0.25) is 0 Å². The highest BCUT2D eigenvalue weighted by Gasteiger charge is 2.12. The highest BCUT2D eigenvalue weighted by atomic mass is 79.9. The maximum absolute atomic E-state index is 12.0. The monoisotopic (exact) mass is 345 g/mol. The van der Waals surface area contributed by atoms with Crippen molar-refractivity contribution in [1.29, 1.82) is 0 Å². The van der Waals surface area contributed by atoms with E-state index in [2.05, 4.69) is 28.1 Å². The maximum Gasteiger partial charge on any atom is 0.338 e. The number of rotatable bonds is 3. The average molecular weight is 346 g/mol. The maximum atomic E-state index is 12.0. The van der Waals surface area contributed by atoms with Crippen LogP contribution in [-0.4, -0.2) is 5.97 Å². The molecule has 0 fully saturated rings. The first-order chi connectivity index (χ1) is 10.1. The van der Waals surface area contributed by atoms with Gasteiger partial charge >= 0.3 is 5.97 Å². The number of benzene rings is 2. The largest absolute Gasteiger partial charge is 0.457 e. The molecule has 1 aliphatic carbocycles. The summed E-state index contributed by atoms with van der Waals surface area (Å²) in [5, 5.41) is 0. The average Bonchev–Trinajstić information content (AvgIpc) is 2.95. The van der Waals surface area contributed by atoms with Crippen LogP contribution in [0.3, 0.4) is 0 Å². The second-order valence-electron chi connectivity index (χ2n) is 5.27. The number of fused-ring (bicyclic) bond motifs is 1. The summed E-state index contributed by atoms with van der Waals surface area (Å²) < 4.78 is 6.13. The van der Waals surface area contributed by atoms with Gasteiger partial charge in [0.2, 0.25) is 0 Å². The minimum absolute atomic E-state index is 0.294. The van der Waals surface area contributed by atoms with E-state index in [4.69, 9.17) is 10.5 Å². The van der Waals surface area contributed by atoms with Crippen molar-refractivity contribution in [2.24, 2.45) is 0 Å². The van der Waals surface area contributed by atoms with Gasteiger partial charge in [-0.2, -0.15) is 0 Å². The minimum Gasteiger partial charge on any atom is -0.457 e. The van der Waals surface area contributed by atoms with Gasteiger partial charge in [-0.05, 0) is 70.1 Å². The Kier molecular flexibility index (Phi) is 3.97. The molecule has 1 aliphatic rings. The molecule has 0 atom stereocenters. The summed E-state index contributed by atoms with van der Waals surface area (Å²) >= 11 is 3.31. The molecule has 0 amide bonds. The summed E-state index contributed by atoms with van der Waals surface area (Å²) in [7, 11) is 0. The Hall–Kier alpha value is -1.81. The van der Waals surface area contributed by atoms with E-state index in [0.29, 0.717) is 17.9 Å². The van der Waals surface area contributed by atoms with Crippen LogP contribution >= 0.6 is 15.9 Å². The van der Waals surface area contributed by atoms with E-state index in [1.807, 2.05) is 6.07 Å². The van der Waals surface area contributed by atoms with Gasteiger partial charge in [-0.1, -0.05) is 18.2 Å². The lowest BCUT2D eigenvalue weighted by Gasteiger charge is -2.08. The topological polar surface area (TPSA) is 52.3 Å². The van der Waals surface area contributed by atoms with E-state index in [-0.39, 0.29) is 5.97 Å². The third-order valence-electron chi connectivity index (χ3n) is 3.76. The van der Waals surface area contributed by atoms with Crippen molar-refractivity contribution in [3.8, 4) is 0 Å². The number of ether oxygens (including phenoxy) is 1. The van der Waals surface area contributed by atoms with Gasteiger partial charge in [0.25, 0.3) is 0 Å². The van der Waals surface area contributed by atoms with Gasteiger partial charge in [-0.3, -0.25) is 0 Å². The number of nitrogens with two attached hydrogens (primary N) is 1. The third-order valence-corrected chi connectivity index (χ3v) is 4.49. The SMILES string of the molecule is Nc1cc(C(=O)OCc2ccc3c(c2)CCC3)ccc1Br. The number of aryl methyl sites for hydroxylation is 2. The Balaban J connectivity index is 1.67. The molecule has 4 heteroatoms. The molecule has 0 spiro atoms. The zero-order chi connectivity index (χ0) is 14.8. The molecule has 0 heterocycles. The van der Waals surface area contributed by atoms with Gasteiger partial charge in [-0.15, -0.1) is 0 Å². The van der Waals surface area contributed by atoms with Crippen molar-refractivity contribution in [3.63, 3.8) is 0 Å². The molecule has 0 radical (unpaired) electrons. The van der Waals surface area contributed by atoms with Crippen molar-refractivity contribution in [3.05, 3.63) is 63.1 Å². The van der Waals surface area contributed by atoms with Crippen molar-refractivity contribution >= 4 is 27.6 Å². The van der Waals surface area contributed by atoms with Crippen LogP contribution in [0, 0.1) is 0 Å². The number of halogens is 1. The van der Waals surface area contributed by atoms with Crippen LogP contribution in [0.1, 0.15) is 33.5 Å². The Labute approximate surface area is 132 Å². The highest BCUT2D eigenvalue weighted by Crippen LogP contribution is 2.24. The lowest BCUT2D eigenvalue weighted by atomic mass is 10.1. The zero-order valence-corrected chi connectivity index (χ0v) is 13.2. The highest BCUT2D eigenvalue weighted by molar-refractivity contribution is 9.10. The quantitative estimate of drug-likeness (QED) is 0.678. The van der Waals surface area contributed by atoms with Gasteiger partial charge in [0, 0.05) is 10.2 Å². The van der Waals surface area contributed by atoms with Crippen LogP contribution in [0.5, 0.6) is 0 Å². The van der Waals surface area contributed by atoms with E-state index in [1.54, 1.807) is 18.2 Å². The fourth-order valence-corrected chi connectivity index (χ4v) is 2.86. The first kappa shape index (κ1) is 14.1. The van der Waals surface area contributed by atoms with E-state index >= 15 is 0 Å². The summed E-state index contributed by atoms with van der Waals surface area (Å²) in [5.74, 6) is -0.352. The van der Waals surface area contributed by atoms with Crippen molar-refractivity contribution in [2.75, 3.05) is 5.73 Å². The van der Waals surface area contributed by atoms with Crippen LogP contribution in [-0.2, 0) is 24.2 Å². The van der Waals surface area contributed by atoms with Crippen LogP contribution in [0.25, 0.3) is 0 Å². The number of hydrogen-bond donors (Lipinski definition) is 1. The molecule has 2 aromatic carbocycles. The van der Waals surface area contributed by atoms with Gasteiger partial charge in [0.05, 0.1) is 5.56 Å². The molecule has 0 saturated carbocycles. The number of esters is 1. The van der Waals surface area contributed by atoms with Gasteiger partial charge in [0.15, 0.2) is 0 Å². The van der Waals surface area contributed by atoms with E-state index in [1.165, 1.54) is 17.5 Å². The fraction of sp³-hybridized carbons (Fsp3) is 0.235. The predicted octanol–water partition coefficient (Wildman–Crippen LogP) is 3.88. The van der Waals surface area contributed by atoms with E-state index in [0.717, 1.165) is 22.9 Å². The molecule has 3 nitrogen and oxygen atoms in total. The summed E-state index contributed by atoms with van der Waals surface area (Å²) in [6.07, 6.45) is 3.50. The predicted molar refractivity (Wildman–Crippen MR) is 86.1 cm³/mol. The Morgan fingerprint density at radius 1 is 1.14 bits per heavy atom. The molecule has 0 bridgehead atoms. The van der Waals surface area contributed by atoms with E-state index in [9.17, 15) is 4.79 Å². The fourth-order valence-electron chi connectivity index (χ4n) is 2.62. The molecule has 0 saturated heterocycles. The summed E-state index contributed by atoms with van der Waals surface area (Å²) in [6.45, 7) is 0.294. The number of anilines is 1. The molecule has 2 aromatic rings. The first-order valence-electron chi connectivity index (χ1n) is 6.96. The molecule has 108 valence electrons. The van der Waals surface area contributed by atoms with Gasteiger partial charge < -0.3 is 10.5 Å². The zero-order valence-electron chi connectivity index (χ0n) is 11.6. The summed E-state index contributed by atoms with van der Waals surface area (Å²) in [5.41, 5.74) is 10.6. The van der Waals surface area contributed by atoms with Crippen molar-refractivity contribution in [1.82, 2.24) is 0 Å². The standard InChI is InChI=1S/C17H16BrNO2/c18-15-7-6-14(9-16(15)19)17(20)21-10-11-4-5-12-2-1-3-13(12)8-11/h4-9H,1-3,10,19H2. The molecule has 21 heavy (non-hydrogen) atoms. The van der Waals surface area contributed by atoms with Crippen LogP contribution in [0.15, 0.2) is 40.9 Å². The number of hydrogen-bond acceptors (Lipinski definition) is 3. The van der Waals surface area contributed by atoms with Crippen LogP contribution in [0.4, 0.5) is 5.69 Å². The molecule has 3 rings (SSSR count). The van der Waals surface area contributed by atoms with Crippen molar-refractivity contribution < 1.29 is 9.53 Å². The Bertz CT molecular complexity index is 697. The normalized spacial score (nSPS) is 13.0. The van der Waals surface area contributed by atoms with Crippen LogP contribution < -0.4 is 5.73 Å². The number of carbonyl (C=O) groups is 1. The molecule has 0 unspecified atom stereocenters. The molecule has 0 aliphatic heterocycles. The Morgan fingerprint density at radius 3 is 2.76 bits per heavy atom. The molecule has 0 aromatic heterocycles. The van der Waals surface area contributed by atoms with Crippen molar-refractivity contribution in [2.45, 2.75) is 25.9 Å². The molecule has 2 N–H and O–H groups in total. The lowest BCUT2D eigenvalue weighted by molar-refractivity contribution is 0.0472. The smallest absolute Gasteiger partial charge is 0.338 e. The first-order valence-corrected chi connectivity index (χ1v) is 7.75. The number of carbonyl (C=O) groups excluding carboxylic acids is 1. The Morgan fingerprint density at radius 2 is 1.95 bits per heavy atom. The van der Waals surface area contributed by atoms with Gasteiger partial charge in [-0.25, -0.2) is 4.79 Å². The lowest BCUT2D eigenvalue weighted by Crippen LogP contribution is -2.06. The third kappa shape index (κ3) is 3.10. The van der Waals surface area contributed by atoms with Gasteiger partial charge in [0.1, 0.15) is 6.61 Å². The summed E-state index contributed by atoms with van der Waals surface area (Å²) in [6, 6.07) is 11.4. The summed E-state index contributed by atoms with van der Waals surface area (Å²) in [4.78, 5) is 12.0. The second-order valence-corrected chi connectivity index (χ2v) is 6.12. The minimum atomic E-state index is -0.352. The number of nitrogen functional groups attached to an aromatic ring is 1. The van der Waals surface area contributed by atoms with E-state index < -0.39 is 0 Å².